The normalized spacial score (nSPS) is 18.3. The van der Waals surface area contributed by atoms with Crippen molar-refractivity contribution in [2.45, 2.75) is 86.5 Å². The van der Waals surface area contributed by atoms with E-state index in [2.05, 4.69) is 144 Å². The molecule has 1 aliphatic carbocycles. The molecule has 6 aromatic rings. The molecule has 0 bridgehead atoms. The minimum atomic E-state index is 0.309. The monoisotopic (exact) mass is 636 g/mol. The quantitative estimate of drug-likeness (QED) is 0.164. The number of benzene rings is 3. The van der Waals surface area contributed by atoms with Crippen LogP contribution in [0.15, 0.2) is 90.6 Å². The summed E-state index contributed by atoms with van der Waals surface area (Å²) in [4.78, 5) is 4.75. The first-order chi connectivity index (χ1) is 23.0. The highest BCUT2D eigenvalue weighted by atomic mass is 16.5. The van der Waals surface area contributed by atoms with E-state index in [0.29, 0.717) is 29.6 Å². The van der Waals surface area contributed by atoms with E-state index in [-0.39, 0.29) is 0 Å². The highest BCUT2D eigenvalue weighted by Gasteiger charge is 2.35. The van der Waals surface area contributed by atoms with Crippen LogP contribution in [0.1, 0.15) is 101 Å². The van der Waals surface area contributed by atoms with Crippen molar-refractivity contribution in [2.24, 2.45) is 11.8 Å². The van der Waals surface area contributed by atoms with E-state index in [1.807, 2.05) is 12.3 Å². The van der Waals surface area contributed by atoms with Crippen molar-refractivity contribution in [3.8, 4) is 23.0 Å². The van der Waals surface area contributed by atoms with Crippen molar-refractivity contribution >= 4 is 21.8 Å². The maximum Gasteiger partial charge on any atom is 0.137 e. The van der Waals surface area contributed by atoms with Crippen LogP contribution in [0, 0.1) is 25.7 Å². The van der Waals surface area contributed by atoms with Gasteiger partial charge in [-0.25, -0.2) is 9.67 Å². The smallest absolute Gasteiger partial charge is 0.137 e. The van der Waals surface area contributed by atoms with E-state index in [1.165, 1.54) is 45.3 Å². The molecular formula is C43H48N4O. The zero-order chi connectivity index (χ0) is 33.9. The van der Waals surface area contributed by atoms with E-state index in [1.54, 1.807) is 0 Å². The molecule has 48 heavy (non-hydrogen) atoms. The van der Waals surface area contributed by atoms with Crippen LogP contribution in [-0.2, 0) is 0 Å². The molecule has 0 radical (unpaired) electrons. The van der Waals surface area contributed by atoms with Gasteiger partial charge < -0.3 is 4.74 Å². The zero-order valence-corrected chi connectivity index (χ0v) is 29.9. The van der Waals surface area contributed by atoms with Crippen LogP contribution in [0.2, 0.25) is 0 Å². The maximum absolute atomic E-state index is 6.70. The first kappa shape index (κ1) is 31.9. The van der Waals surface area contributed by atoms with Gasteiger partial charge in [-0.05, 0) is 104 Å². The molecule has 246 valence electrons. The van der Waals surface area contributed by atoms with E-state index in [4.69, 9.17) is 14.8 Å². The molecule has 0 fully saturated rings. The van der Waals surface area contributed by atoms with Gasteiger partial charge in [-0.2, -0.15) is 5.10 Å². The number of aryl methyl sites for hydroxylation is 2. The highest BCUT2D eigenvalue weighted by molar-refractivity contribution is 6.09. The number of allylic oxidation sites excluding steroid dienone is 2. The molecule has 0 saturated carbocycles. The Morgan fingerprint density at radius 3 is 2.27 bits per heavy atom. The van der Waals surface area contributed by atoms with Crippen molar-refractivity contribution in [1.29, 1.82) is 0 Å². The molecule has 0 spiro atoms. The van der Waals surface area contributed by atoms with Crippen LogP contribution in [0.4, 0.5) is 0 Å². The second-order valence-corrected chi connectivity index (χ2v) is 14.8. The first-order valence-corrected chi connectivity index (χ1v) is 17.6. The Labute approximate surface area is 285 Å². The standard InChI is InChI=1S/C43H48N4O/c1-25(2)42-41(40-30(8)18-28(6)19-31(40)9)43(26(3)4)47(45-42)32-20-29(7)21-34(23-32)48-33-14-15-36-35-12-10-11-13-37(35)46(38(36)24-33)39-22-27(5)16-17-44-39/h10-18,20-26,28,31,40H,19H2,1-9H3/t28-,31-,40?/m0/s1. The van der Waals surface area contributed by atoms with Crippen molar-refractivity contribution in [3.05, 3.63) is 119 Å². The van der Waals surface area contributed by atoms with Crippen molar-refractivity contribution in [1.82, 2.24) is 19.3 Å². The van der Waals surface area contributed by atoms with Crippen LogP contribution < -0.4 is 4.74 Å². The summed E-state index contributed by atoms with van der Waals surface area (Å²) in [7, 11) is 0. The van der Waals surface area contributed by atoms with Gasteiger partial charge in [-0.1, -0.05) is 71.4 Å². The zero-order valence-electron chi connectivity index (χ0n) is 29.9. The number of para-hydroxylation sites is 1. The summed E-state index contributed by atoms with van der Waals surface area (Å²) in [6.45, 7) is 20.5. The van der Waals surface area contributed by atoms with Gasteiger partial charge in [-0.3, -0.25) is 4.57 Å². The molecule has 3 aromatic carbocycles. The fourth-order valence-corrected chi connectivity index (χ4v) is 8.21. The van der Waals surface area contributed by atoms with E-state index in [9.17, 15) is 0 Å². The van der Waals surface area contributed by atoms with Gasteiger partial charge in [0.2, 0.25) is 0 Å². The third-order valence-corrected chi connectivity index (χ3v) is 10.0. The Morgan fingerprint density at radius 2 is 1.54 bits per heavy atom. The molecule has 3 heterocycles. The molecule has 0 N–H and O–H groups in total. The summed E-state index contributed by atoms with van der Waals surface area (Å²) < 4.78 is 11.2. The Morgan fingerprint density at radius 1 is 0.771 bits per heavy atom. The van der Waals surface area contributed by atoms with Crippen LogP contribution in [0.3, 0.4) is 0 Å². The van der Waals surface area contributed by atoms with Crippen LogP contribution in [-0.4, -0.2) is 19.3 Å². The van der Waals surface area contributed by atoms with Gasteiger partial charge in [0, 0.05) is 40.6 Å². The summed E-state index contributed by atoms with van der Waals surface area (Å²) in [5.74, 6) is 4.68. The summed E-state index contributed by atoms with van der Waals surface area (Å²) in [6, 6.07) is 25.6. The Hall–Kier alpha value is -4.64. The average molecular weight is 637 g/mol. The Bertz CT molecular complexity index is 2180. The number of pyridine rings is 1. The average Bonchev–Trinajstić information content (AvgIpc) is 3.57. The Balaban J connectivity index is 1.34. The molecular weight excluding hydrogens is 589 g/mol. The lowest BCUT2D eigenvalue weighted by atomic mass is 9.71. The predicted octanol–water partition coefficient (Wildman–Crippen LogP) is 11.7. The molecule has 1 aliphatic rings. The number of aromatic nitrogens is 4. The minimum Gasteiger partial charge on any atom is -0.457 e. The molecule has 0 aliphatic heterocycles. The summed E-state index contributed by atoms with van der Waals surface area (Å²) in [5.41, 5.74) is 11.0. The molecule has 1 unspecified atom stereocenters. The fraction of sp³-hybridized carbons (Fsp3) is 0.349. The number of hydrogen-bond donors (Lipinski definition) is 0. The number of nitrogens with zero attached hydrogens (tertiary/aromatic N) is 4. The van der Waals surface area contributed by atoms with Crippen molar-refractivity contribution in [2.75, 3.05) is 0 Å². The molecule has 3 aromatic heterocycles. The van der Waals surface area contributed by atoms with Gasteiger partial charge in [0.25, 0.3) is 0 Å². The van der Waals surface area contributed by atoms with Gasteiger partial charge in [0.05, 0.1) is 28.1 Å². The van der Waals surface area contributed by atoms with Crippen LogP contribution in [0.5, 0.6) is 11.5 Å². The van der Waals surface area contributed by atoms with E-state index in [0.717, 1.165) is 39.6 Å². The van der Waals surface area contributed by atoms with Crippen molar-refractivity contribution in [3.63, 3.8) is 0 Å². The summed E-state index contributed by atoms with van der Waals surface area (Å²) in [6.07, 6.45) is 5.57. The first-order valence-electron chi connectivity index (χ1n) is 17.6. The third kappa shape index (κ3) is 5.63. The lowest BCUT2D eigenvalue weighted by Crippen LogP contribution is -2.21. The molecule has 3 atom stereocenters. The number of ether oxygens (including phenoxy) is 1. The number of fused-ring (bicyclic) bond motifs is 3. The molecule has 7 rings (SSSR count). The fourth-order valence-electron chi connectivity index (χ4n) is 8.21. The number of hydrogen-bond acceptors (Lipinski definition) is 3. The summed E-state index contributed by atoms with van der Waals surface area (Å²) >= 11 is 0. The van der Waals surface area contributed by atoms with Crippen LogP contribution >= 0.6 is 0 Å². The SMILES string of the molecule is CC1=C[C@H](C)C[C@H](C)C1c1c(C(C)C)nn(-c2cc(C)cc(Oc3ccc4c5ccccc5n(-c5cc(C)ccn5)c4c3)c2)c1C(C)C. The van der Waals surface area contributed by atoms with Crippen LogP contribution in [0.25, 0.3) is 33.3 Å². The van der Waals surface area contributed by atoms with E-state index >= 15 is 0 Å². The van der Waals surface area contributed by atoms with Gasteiger partial charge in [-0.15, -0.1) is 0 Å². The maximum atomic E-state index is 6.70. The second kappa shape index (κ2) is 12.4. The van der Waals surface area contributed by atoms with Crippen molar-refractivity contribution < 1.29 is 4.74 Å². The Kier molecular flexibility index (Phi) is 8.27. The lowest BCUT2D eigenvalue weighted by Gasteiger charge is -2.33. The third-order valence-electron chi connectivity index (χ3n) is 10.0. The number of rotatable bonds is 7. The molecule has 0 amide bonds. The van der Waals surface area contributed by atoms with Gasteiger partial charge >= 0.3 is 0 Å². The predicted molar refractivity (Wildman–Crippen MR) is 199 cm³/mol. The highest BCUT2D eigenvalue weighted by Crippen LogP contribution is 2.46. The summed E-state index contributed by atoms with van der Waals surface area (Å²) in [5, 5.41) is 7.77. The molecule has 0 saturated heterocycles. The second-order valence-electron chi connectivity index (χ2n) is 14.8. The largest absolute Gasteiger partial charge is 0.457 e. The van der Waals surface area contributed by atoms with Gasteiger partial charge in [0.15, 0.2) is 0 Å². The lowest BCUT2D eigenvalue weighted by molar-refractivity contribution is 0.388. The van der Waals surface area contributed by atoms with Gasteiger partial charge in [0.1, 0.15) is 17.3 Å². The topological polar surface area (TPSA) is 44.9 Å². The minimum absolute atomic E-state index is 0.309. The molecule has 5 heteroatoms. The van der Waals surface area contributed by atoms with E-state index < -0.39 is 0 Å². The molecule has 5 nitrogen and oxygen atoms in total.